The van der Waals surface area contributed by atoms with Gasteiger partial charge in [0.25, 0.3) is 0 Å². The van der Waals surface area contributed by atoms with E-state index in [9.17, 15) is 4.79 Å². The lowest BCUT2D eigenvalue weighted by molar-refractivity contribution is -0.0284. The summed E-state index contributed by atoms with van der Waals surface area (Å²) in [7, 11) is 0. The van der Waals surface area contributed by atoms with E-state index in [4.69, 9.17) is 10.8 Å². The van der Waals surface area contributed by atoms with Crippen LogP contribution < -0.4 is 5.73 Å². The van der Waals surface area contributed by atoms with Crippen molar-refractivity contribution in [1.82, 2.24) is 9.55 Å². The van der Waals surface area contributed by atoms with E-state index in [-0.39, 0.29) is 5.69 Å². The van der Waals surface area contributed by atoms with E-state index in [0.29, 0.717) is 23.7 Å². The summed E-state index contributed by atoms with van der Waals surface area (Å²) in [5.41, 5.74) is 6.01. The number of anilines is 1. The van der Waals surface area contributed by atoms with Crippen molar-refractivity contribution in [3.8, 4) is 0 Å². The molecule has 0 unspecified atom stereocenters. The van der Waals surface area contributed by atoms with Crippen LogP contribution in [0, 0.1) is 23.7 Å². The molecule has 5 heteroatoms. The first-order valence-corrected chi connectivity index (χ1v) is 7.19. The Bertz CT molecular complexity index is 509. The van der Waals surface area contributed by atoms with Gasteiger partial charge < -0.3 is 15.4 Å². The molecular weight excluding hydrogens is 242 g/mol. The van der Waals surface area contributed by atoms with Crippen LogP contribution in [0.4, 0.5) is 5.82 Å². The third-order valence-electron chi connectivity index (χ3n) is 5.53. The third-order valence-corrected chi connectivity index (χ3v) is 5.53. The molecule has 0 aliphatic heterocycles. The summed E-state index contributed by atoms with van der Waals surface area (Å²) in [6.45, 7) is 0. The van der Waals surface area contributed by atoms with Crippen LogP contribution >= 0.6 is 0 Å². The average Bonchev–Trinajstić information content (AvgIpc) is 2.70. The van der Waals surface area contributed by atoms with Gasteiger partial charge >= 0.3 is 5.97 Å². The highest BCUT2D eigenvalue weighted by Gasteiger charge is 2.49. The van der Waals surface area contributed by atoms with Crippen molar-refractivity contribution in [1.29, 1.82) is 0 Å². The molecule has 5 rings (SSSR count). The zero-order chi connectivity index (χ0) is 13.1. The molecule has 0 radical (unpaired) electrons. The second-order valence-electron chi connectivity index (χ2n) is 6.61. The van der Waals surface area contributed by atoms with E-state index >= 15 is 0 Å². The summed E-state index contributed by atoms with van der Waals surface area (Å²) in [5, 5.41) is 9.07. The Hall–Kier alpha value is -1.52. The second-order valence-corrected chi connectivity index (χ2v) is 6.61. The highest BCUT2D eigenvalue weighted by molar-refractivity contribution is 5.90. The summed E-state index contributed by atoms with van der Waals surface area (Å²) in [6.07, 6.45) is 8.22. The molecule has 4 fully saturated rings. The Morgan fingerprint density at radius 3 is 2.26 bits per heavy atom. The summed E-state index contributed by atoms with van der Waals surface area (Å²) in [4.78, 5) is 15.1. The van der Waals surface area contributed by atoms with Gasteiger partial charge in [-0.2, -0.15) is 0 Å². The zero-order valence-corrected chi connectivity index (χ0v) is 10.8. The molecule has 1 heterocycles. The van der Waals surface area contributed by atoms with Crippen LogP contribution in [0.2, 0.25) is 0 Å². The van der Waals surface area contributed by atoms with Crippen LogP contribution in [0.1, 0.15) is 48.6 Å². The van der Waals surface area contributed by atoms with E-state index in [1.165, 1.54) is 32.1 Å². The number of nitrogens with two attached hydrogens (primary N) is 1. The lowest BCUT2D eigenvalue weighted by Crippen LogP contribution is -2.46. The van der Waals surface area contributed by atoms with E-state index in [0.717, 1.165) is 11.8 Å². The minimum atomic E-state index is -1.03. The average molecular weight is 261 g/mol. The first-order chi connectivity index (χ1) is 9.13. The van der Waals surface area contributed by atoms with Crippen molar-refractivity contribution in [2.24, 2.45) is 23.7 Å². The number of aromatic carboxylic acids is 1. The minimum absolute atomic E-state index is 0.00815. The van der Waals surface area contributed by atoms with Crippen LogP contribution in [-0.4, -0.2) is 20.6 Å². The van der Waals surface area contributed by atoms with Crippen LogP contribution in [0.25, 0.3) is 0 Å². The summed E-state index contributed by atoms with van der Waals surface area (Å²) < 4.78 is 1.95. The van der Waals surface area contributed by atoms with Gasteiger partial charge in [0.1, 0.15) is 5.82 Å². The number of carboxylic acid groups (broad SMARTS) is 1. The van der Waals surface area contributed by atoms with Gasteiger partial charge in [0.15, 0.2) is 5.69 Å². The van der Waals surface area contributed by atoms with Crippen molar-refractivity contribution in [2.75, 3.05) is 5.73 Å². The monoisotopic (exact) mass is 261 g/mol. The maximum Gasteiger partial charge on any atom is 0.358 e. The number of hydrogen-bond donors (Lipinski definition) is 2. The van der Waals surface area contributed by atoms with Crippen LogP contribution in [0.3, 0.4) is 0 Å². The predicted molar refractivity (Wildman–Crippen MR) is 69.7 cm³/mol. The first-order valence-electron chi connectivity index (χ1n) is 7.19. The maximum atomic E-state index is 11.1. The summed E-state index contributed by atoms with van der Waals surface area (Å²) in [6, 6.07) is 0.383. The Labute approximate surface area is 111 Å². The smallest absolute Gasteiger partial charge is 0.358 e. The molecule has 4 bridgehead atoms. The molecule has 0 saturated heterocycles. The molecule has 0 aromatic carbocycles. The van der Waals surface area contributed by atoms with Crippen molar-refractivity contribution in [3.63, 3.8) is 0 Å². The number of imidazole rings is 1. The number of aromatic nitrogens is 2. The SMILES string of the molecule is Nc1c(C(=O)O)ncn1C1C2CC3CC(C2)CC1C3. The number of rotatable bonds is 2. The highest BCUT2D eigenvalue weighted by Crippen LogP contribution is 2.58. The third kappa shape index (κ3) is 1.53. The largest absolute Gasteiger partial charge is 0.476 e. The first kappa shape index (κ1) is 11.3. The number of nitrogens with zero attached hydrogens (tertiary/aromatic N) is 2. The Kier molecular flexibility index (Phi) is 2.23. The fourth-order valence-corrected chi connectivity index (χ4v) is 5.12. The van der Waals surface area contributed by atoms with Crippen molar-refractivity contribution >= 4 is 11.8 Å². The van der Waals surface area contributed by atoms with Gasteiger partial charge in [0.05, 0.1) is 6.33 Å². The van der Waals surface area contributed by atoms with Crippen LogP contribution in [0.15, 0.2) is 6.33 Å². The molecule has 4 aliphatic rings. The van der Waals surface area contributed by atoms with Gasteiger partial charge in [-0.15, -0.1) is 0 Å². The topological polar surface area (TPSA) is 81.1 Å². The number of carbonyl (C=O) groups is 1. The number of hydrogen-bond acceptors (Lipinski definition) is 3. The fourth-order valence-electron chi connectivity index (χ4n) is 5.12. The molecule has 1 aromatic heterocycles. The molecule has 0 amide bonds. The van der Waals surface area contributed by atoms with E-state index < -0.39 is 5.97 Å². The van der Waals surface area contributed by atoms with E-state index in [2.05, 4.69) is 4.98 Å². The quantitative estimate of drug-likeness (QED) is 0.854. The van der Waals surface area contributed by atoms with Crippen molar-refractivity contribution in [2.45, 2.75) is 38.1 Å². The standard InChI is InChI=1S/C14H19N3O2/c15-13-11(14(18)19)16-6-17(13)12-9-2-7-1-8(4-9)5-10(12)3-7/h6-10,12H,1-5,15H2,(H,18,19). The Morgan fingerprint density at radius 2 is 1.79 bits per heavy atom. The molecule has 0 atom stereocenters. The van der Waals surface area contributed by atoms with Gasteiger partial charge in [-0.05, 0) is 55.8 Å². The van der Waals surface area contributed by atoms with Crippen molar-refractivity contribution in [3.05, 3.63) is 12.0 Å². The minimum Gasteiger partial charge on any atom is -0.476 e. The van der Waals surface area contributed by atoms with E-state index in [1.807, 2.05) is 4.57 Å². The Balaban J connectivity index is 1.71. The second kappa shape index (κ2) is 3.74. The maximum absolute atomic E-state index is 11.1. The molecule has 5 nitrogen and oxygen atoms in total. The van der Waals surface area contributed by atoms with Gasteiger partial charge in [-0.3, -0.25) is 0 Å². The molecule has 3 N–H and O–H groups in total. The molecule has 4 aliphatic carbocycles. The number of nitrogen functional groups attached to an aromatic ring is 1. The van der Waals surface area contributed by atoms with Crippen molar-refractivity contribution < 1.29 is 9.90 Å². The highest BCUT2D eigenvalue weighted by atomic mass is 16.4. The van der Waals surface area contributed by atoms with Crippen LogP contribution in [-0.2, 0) is 0 Å². The molecule has 0 spiro atoms. The number of carboxylic acids is 1. The Morgan fingerprint density at radius 1 is 1.21 bits per heavy atom. The predicted octanol–water partition coefficient (Wildman–Crippen LogP) is 2.16. The molecule has 1 aromatic rings. The van der Waals surface area contributed by atoms with Gasteiger partial charge in [0, 0.05) is 6.04 Å². The van der Waals surface area contributed by atoms with Gasteiger partial charge in [-0.1, -0.05) is 0 Å². The molecule has 102 valence electrons. The zero-order valence-electron chi connectivity index (χ0n) is 10.8. The van der Waals surface area contributed by atoms with E-state index in [1.54, 1.807) is 6.33 Å². The lowest BCUT2D eigenvalue weighted by atomic mass is 9.54. The molecule has 4 saturated carbocycles. The van der Waals surface area contributed by atoms with Gasteiger partial charge in [-0.25, -0.2) is 9.78 Å². The summed E-state index contributed by atoms with van der Waals surface area (Å²) in [5.74, 6) is 2.47. The lowest BCUT2D eigenvalue weighted by Gasteiger charge is -2.54. The van der Waals surface area contributed by atoms with Crippen LogP contribution in [0.5, 0.6) is 0 Å². The normalized spacial score (nSPS) is 39.7. The summed E-state index contributed by atoms with van der Waals surface area (Å²) >= 11 is 0. The van der Waals surface area contributed by atoms with Gasteiger partial charge in [0.2, 0.25) is 0 Å². The fraction of sp³-hybridized carbons (Fsp3) is 0.714. The molecule has 19 heavy (non-hydrogen) atoms. The molecular formula is C14H19N3O2.